The molecule has 0 saturated heterocycles. The fraction of sp³-hybridized carbons (Fsp3) is 0.500. The van der Waals surface area contributed by atoms with Gasteiger partial charge in [0, 0.05) is 47.2 Å². The maximum Gasteiger partial charge on any atom is 0.119 e. The molecule has 0 spiro atoms. The summed E-state index contributed by atoms with van der Waals surface area (Å²) in [6, 6.07) is 15.8. The third-order valence-electron chi connectivity index (χ3n) is 7.79. The summed E-state index contributed by atoms with van der Waals surface area (Å²) in [5.41, 5.74) is -0.352. The van der Waals surface area contributed by atoms with E-state index in [1.165, 1.54) is 7.11 Å². The Morgan fingerprint density at radius 3 is 2.44 bits per heavy atom. The van der Waals surface area contributed by atoms with Crippen LogP contribution in [0.15, 0.2) is 65.9 Å². The molecule has 1 aliphatic heterocycles. The predicted octanol–water partition coefficient (Wildman–Crippen LogP) is 1.90. The molecule has 2 aromatic rings. The Morgan fingerprint density at radius 2 is 1.80 bits per heavy atom. The number of para-hydroxylation sites is 1. The minimum atomic E-state index is -1.43. The minimum Gasteiger partial charge on any atom is -0.550 e. The molecule has 0 saturated carbocycles. The lowest BCUT2D eigenvalue weighted by atomic mass is 9.65. The van der Waals surface area contributed by atoms with Crippen LogP contribution in [0.2, 0.25) is 0 Å². The first-order valence-electron chi connectivity index (χ1n) is 14.2. The van der Waals surface area contributed by atoms with Crippen LogP contribution < -0.4 is 30.3 Å². The molecule has 3 rings (SSSR count). The number of aliphatic hydroxyl groups excluding tert-OH is 1. The average Bonchev–Trinajstić information content (AvgIpc) is 2.94. The second kappa shape index (κ2) is 14.9. The highest BCUT2D eigenvalue weighted by Crippen LogP contribution is 2.45. The first-order chi connectivity index (χ1) is 19.6. The van der Waals surface area contributed by atoms with Crippen molar-refractivity contribution >= 4 is 11.9 Å². The van der Waals surface area contributed by atoms with Crippen LogP contribution >= 0.6 is 0 Å². The number of benzene rings is 2. The van der Waals surface area contributed by atoms with E-state index in [0.717, 1.165) is 25.7 Å². The van der Waals surface area contributed by atoms with Gasteiger partial charge in [-0.2, -0.15) is 0 Å². The Bertz CT molecular complexity index is 1190. The molecule has 9 heteroatoms. The van der Waals surface area contributed by atoms with Crippen LogP contribution in [-0.4, -0.2) is 55.0 Å². The van der Waals surface area contributed by atoms with Crippen LogP contribution in [0.4, 0.5) is 0 Å². The molecule has 2 aromatic carbocycles. The molecule has 0 aliphatic carbocycles. The largest absolute Gasteiger partial charge is 0.550 e. The molecule has 0 fully saturated rings. The lowest BCUT2D eigenvalue weighted by Gasteiger charge is -2.51. The van der Waals surface area contributed by atoms with Gasteiger partial charge in [0.05, 0.1) is 13.1 Å². The number of hydrogen-bond acceptors (Lipinski definition) is 9. The molecule has 0 bridgehead atoms. The number of carbonyl (C=O) groups is 2. The minimum absolute atomic E-state index is 0.102. The van der Waals surface area contributed by atoms with Gasteiger partial charge >= 0.3 is 0 Å². The molecule has 0 amide bonds. The van der Waals surface area contributed by atoms with Crippen LogP contribution in [0.3, 0.4) is 0 Å². The molecule has 3 N–H and O–H groups in total. The summed E-state index contributed by atoms with van der Waals surface area (Å²) in [5, 5.41) is 42.4. The number of aliphatic carboxylic acids is 2. The third kappa shape index (κ3) is 8.47. The number of allylic oxidation sites excluding steroid dienone is 1. The molecule has 0 radical (unpaired) electrons. The van der Waals surface area contributed by atoms with E-state index in [2.05, 4.69) is 17.6 Å². The molecule has 5 unspecified atom stereocenters. The van der Waals surface area contributed by atoms with Crippen molar-refractivity contribution in [1.29, 1.82) is 0 Å². The Balaban J connectivity index is 1.88. The summed E-state index contributed by atoms with van der Waals surface area (Å²) < 4.78 is 11.0. The molecule has 41 heavy (non-hydrogen) atoms. The van der Waals surface area contributed by atoms with Crippen molar-refractivity contribution in [3.8, 4) is 11.5 Å². The first-order valence-corrected chi connectivity index (χ1v) is 14.2. The van der Waals surface area contributed by atoms with Crippen LogP contribution in [0.5, 0.6) is 11.5 Å². The zero-order chi connectivity index (χ0) is 30.0. The van der Waals surface area contributed by atoms with Crippen molar-refractivity contribution in [3.05, 3.63) is 71.4 Å². The topological polar surface area (TPSA) is 143 Å². The Labute approximate surface area is 242 Å². The van der Waals surface area contributed by atoms with Crippen LogP contribution in [0.1, 0.15) is 64.4 Å². The van der Waals surface area contributed by atoms with Crippen molar-refractivity contribution in [3.63, 3.8) is 0 Å². The quantitative estimate of drug-likeness (QED) is 0.260. The van der Waals surface area contributed by atoms with Crippen molar-refractivity contribution in [2.75, 3.05) is 20.3 Å². The number of methoxy groups -OCH3 is 1. The number of carboxylic acids is 2. The molecule has 0 aromatic heterocycles. The maximum absolute atomic E-state index is 12.8. The van der Waals surface area contributed by atoms with Gasteiger partial charge in [-0.3, -0.25) is 0 Å². The van der Waals surface area contributed by atoms with E-state index in [1.807, 2.05) is 30.3 Å². The van der Waals surface area contributed by atoms with Crippen LogP contribution in [0, 0.1) is 5.92 Å². The molecular weight excluding hydrogens is 524 g/mol. The summed E-state index contributed by atoms with van der Waals surface area (Å²) in [6.07, 6.45) is 3.24. The molecule has 224 valence electrons. The SMILES string of the molecule is CCCCCC(CC1(C)NC(C)=C(C(=O)[O-])C(c2cccc(OC)c2)C1C(=O)[O-])NCC(O)COc1ccccc1. The van der Waals surface area contributed by atoms with Crippen molar-refractivity contribution in [2.24, 2.45) is 5.92 Å². The van der Waals surface area contributed by atoms with Gasteiger partial charge in [0.2, 0.25) is 0 Å². The zero-order valence-electron chi connectivity index (χ0n) is 24.4. The zero-order valence-corrected chi connectivity index (χ0v) is 24.4. The van der Waals surface area contributed by atoms with Gasteiger partial charge in [-0.05, 0) is 56.5 Å². The van der Waals surface area contributed by atoms with E-state index in [4.69, 9.17) is 9.47 Å². The van der Waals surface area contributed by atoms with E-state index < -0.39 is 35.4 Å². The number of carbonyl (C=O) groups excluding carboxylic acids is 2. The summed E-state index contributed by atoms with van der Waals surface area (Å²) >= 11 is 0. The lowest BCUT2D eigenvalue weighted by molar-refractivity contribution is -0.315. The van der Waals surface area contributed by atoms with Gasteiger partial charge in [0.15, 0.2) is 0 Å². The number of ether oxygens (including phenoxy) is 2. The second-order valence-electron chi connectivity index (χ2n) is 11.0. The van der Waals surface area contributed by atoms with Crippen molar-refractivity contribution < 1.29 is 34.4 Å². The van der Waals surface area contributed by atoms with Crippen molar-refractivity contribution in [1.82, 2.24) is 10.6 Å². The molecule has 1 heterocycles. The highest BCUT2D eigenvalue weighted by atomic mass is 16.5. The van der Waals surface area contributed by atoms with Gasteiger partial charge < -0.3 is 45.0 Å². The summed E-state index contributed by atoms with van der Waals surface area (Å²) in [6.45, 7) is 5.88. The summed E-state index contributed by atoms with van der Waals surface area (Å²) in [4.78, 5) is 25.1. The molecule has 1 aliphatic rings. The second-order valence-corrected chi connectivity index (χ2v) is 11.0. The summed E-state index contributed by atoms with van der Waals surface area (Å²) in [7, 11) is 1.49. The average molecular weight is 567 g/mol. The third-order valence-corrected chi connectivity index (χ3v) is 7.79. The van der Waals surface area contributed by atoms with Gasteiger partial charge in [0.1, 0.15) is 24.2 Å². The number of unbranched alkanes of at least 4 members (excludes halogenated alkanes) is 2. The van der Waals surface area contributed by atoms with E-state index in [0.29, 0.717) is 29.2 Å². The smallest absolute Gasteiger partial charge is 0.119 e. The van der Waals surface area contributed by atoms with Gasteiger partial charge in [-0.15, -0.1) is 0 Å². The monoisotopic (exact) mass is 566 g/mol. The first kappa shape index (κ1) is 32.0. The maximum atomic E-state index is 12.8. The van der Waals surface area contributed by atoms with E-state index >= 15 is 0 Å². The van der Waals surface area contributed by atoms with E-state index in [1.54, 1.807) is 38.1 Å². The number of hydrogen-bond donors (Lipinski definition) is 3. The van der Waals surface area contributed by atoms with Gasteiger partial charge in [-0.25, -0.2) is 0 Å². The van der Waals surface area contributed by atoms with Crippen LogP contribution in [0.25, 0.3) is 0 Å². The number of rotatable bonds is 16. The highest BCUT2D eigenvalue weighted by molar-refractivity contribution is 5.90. The molecule has 9 nitrogen and oxygen atoms in total. The molecular formula is C32H42N2O7-2. The van der Waals surface area contributed by atoms with E-state index in [9.17, 15) is 24.9 Å². The number of nitrogens with one attached hydrogen (secondary N) is 2. The Morgan fingerprint density at radius 1 is 1.10 bits per heavy atom. The van der Waals surface area contributed by atoms with Gasteiger partial charge in [0.25, 0.3) is 0 Å². The standard InChI is InChI=1S/C32H44N2O7/c1-5-6-8-13-23(33-19-24(35)20-41-25-14-9-7-10-15-25)18-32(3)29(31(38)39)28(27(30(36)37)21(2)34-32)22-12-11-16-26(17-22)40-4/h7,9-12,14-17,23-24,28-29,33-35H,5-6,8,13,18-20H2,1-4H3,(H,36,37)(H,38,39)/p-2. The number of carboxylic acid groups (broad SMARTS) is 2. The highest BCUT2D eigenvalue weighted by Gasteiger charge is 2.47. The number of aliphatic hydroxyl groups is 1. The summed E-state index contributed by atoms with van der Waals surface area (Å²) in [5.74, 6) is -3.89. The van der Waals surface area contributed by atoms with Crippen molar-refractivity contribution in [2.45, 2.75) is 76.5 Å². The molecule has 5 atom stereocenters. The fourth-order valence-corrected chi connectivity index (χ4v) is 5.89. The van der Waals surface area contributed by atoms with Gasteiger partial charge in [-0.1, -0.05) is 56.5 Å². The van der Waals surface area contributed by atoms with Crippen LogP contribution in [-0.2, 0) is 9.59 Å². The normalized spacial score (nSPS) is 22.0. The Kier molecular flexibility index (Phi) is 11.6. The fourth-order valence-electron chi connectivity index (χ4n) is 5.89. The Hall–Kier alpha value is -3.56. The predicted molar refractivity (Wildman–Crippen MR) is 152 cm³/mol. The van der Waals surface area contributed by atoms with E-state index in [-0.39, 0.29) is 24.8 Å². The lowest BCUT2D eigenvalue weighted by Crippen LogP contribution is -2.62.